The molecule has 0 bridgehead atoms. The van der Waals surface area contributed by atoms with Gasteiger partial charge < -0.3 is 10.8 Å². The number of rotatable bonds is 3. The van der Waals surface area contributed by atoms with E-state index < -0.39 is 12.1 Å². The molecule has 3 N–H and O–H groups in total. The van der Waals surface area contributed by atoms with Gasteiger partial charge in [-0.3, -0.25) is 0 Å². The molecule has 0 heterocycles. The maximum atomic E-state index is 10.6. The van der Waals surface area contributed by atoms with Gasteiger partial charge in [0.15, 0.2) is 0 Å². The fourth-order valence-corrected chi connectivity index (χ4v) is 2.56. The van der Waals surface area contributed by atoms with Crippen LogP contribution in [-0.2, 0) is 0 Å². The molecule has 100 valence electrons. The number of hydrogen-bond acceptors (Lipinski definition) is 2. The largest absolute Gasteiger partial charge is 0.386 e. The van der Waals surface area contributed by atoms with Crippen molar-refractivity contribution in [2.24, 2.45) is 5.73 Å². The zero-order valence-electron chi connectivity index (χ0n) is 11.1. The maximum absolute atomic E-state index is 10.6. The van der Waals surface area contributed by atoms with Crippen LogP contribution in [0.2, 0.25) is 0 Å². The summed E-state index contributed by atoms with van der Waals surface area (Å²) in [7, 11) is 0. The van der Waals surface area contributed by atoms with Gasteiger partial charge in [-0.15, -0.1) is 0 Å². The molecule has 3 rings (SSSR count). The topological polar surface area (TPSA) is 46.2 Å². The van der Waals surface area contributed by atoms with Crippen LogP contribution in [-0.4, -0.2) is 5.11 Å². The predicted octanol–water partition coefficient (Wildman–Crippen LogP) is 3.57. The minimum atomic E-state index is -0.719. The van der Waals surface area contributed by atoms with Crippen molar-refractivity contribution < 1.29 is 5.11 Å². The third-order valence-corrected chi connectivity index (χ3v) is 3.67. The van der Waals surface area contributed by atoms with E-state index >= 15 is 0 Å². The molecule has 0 saturated heterocycles. The van der Waals surface area contributed by atoms with E-state index in [0.717, 1.165) is 21.9 Å². The normalized spacial score (nSPS) is 14.1. The second kappa shape index (κ2) is 5.45. The van der Waals surface area contributed by atoms with Crippen LogP contribution < -0.4 is 5.73 Å². The van der Waals surface area contributed by atoms with E-state index in [1.54, 1.807) is 0 Å². The Hall–Kier alpha value is -2.16. The van der Waals surface area contributed by atoms with E-state index in [9.17, 15) is 5.11 Å². The molecule has 0 radical (unpaired) electrons. The monoisotopic (exact) mass is 263 g/mol. The summed E-state index contributed by atoms with van der Waals surface area (Å²) in [5.74, 6) is 0. The van der Waals surface area contributed by atoms with Gasteiger partial charge >= 0.3 is 0 Å². The van der Waals surface area contributed by atoms with Crippen molar-refractivity contribution in [3.8, 4) is 0 Å². The summed E-state index contributed by atoms with van der Waals surface area (Å²) in [6, 6.07) is 23.2. The van der Waals surface area contributed by atoms with E-state index in [4.69, 9.17) is 5.73 Å². The summed E-state index contributed by atoms with van der Waals surface area (Å²) in [5.41, 5.74) is 8.02. The molecule has 20 heavy (non-hydrogen) atoms. The van der Waals surface area contributed by atoms with Crippen LogP contribution >= 0.6 is 0 Å². The fraction of sp³-hybridized carbons (Fsp3) is 0.111. The molecule has 0 amide bonds. The molecular formula is C18H17NO. The first-order valence-corrected chi connectivity index (χ1v) is 6.73. The van der Waals surface area contributed by atoms with Gasteiger partial charge in [0.1, 0.15) is 0 Å². The first-order valence-electron chi connectivity index (χ1n) is 6.73. The van der Waals surface area contributed by atoms with Gasteiger partial charge in [0.05, 0.1) is 12.1 Å². The van der Waals surface area contributed by atoms with Crippen molar-refractivity contribution in [1.82, 2.24) is 0 Å². The predicted molar refractivity (Wildman–Crippen MR) is 82.3 cm³/mol. The number of nitrogens with two attached hydrogens (primary N) is 1. The van der Waals surface area contributed by atoms with Crippen molar-refractivity contribution >= 4 is 10.8 Å². The third-order valence-electron chi connectivity index (χ3n) is 3.67. The molecule has 0 saturated carbocycles. The van der Waals surface area contributed by atoms with E-state index in [0.29, 0.717) is 0 Å². The lowest BCUT2D eigenvalue weighted by Crippen LogP contribution is -2.19. The Bertz CT molecular complexity index is 703. The SMILES string of the molecule is NC(c1ccccc1)C(O)c1cccc2ccccc12. The average Bonchev–Trinajstić information content (AvgIpc) is 2.54. The number of aliphatic hydroxyl groups is 1. The third kappa shape index (κ3) is 2.31. The Balaban J connectivity index is 2.03. The number of hydrogen-bond donors (Lipinski definition) is 2. The highest BCUT2D eigenvalue weighted by molar-refractivity contribution is 5.86. The van der Waals surface area contributed by atoms with E-state index in [2.05, 4.69) is 0 Å². The minimum absolute atomic E-state index is 0.429. The van der Waals surface area contributed by atoms with Gasteiger partial charge in [-0.2, -0.15) is 0 Å². The van der Waals surface area contributed by atoms with Gasteiger partial charge in [0.2, 0.25) is 0 Å². The number of fused-ring (bicyclic) bond motifs is 1. The zero-order chi connectivity index (χ0) is 13.9. The molecule has 0 aliphatic carbocycles. The van der Waals surface area contributed by atoms with Crippen LogP contribution in [0.5, 0.6) is 0 Å². The Morgan fingerprint density at radius 2 is 1.40 bits per heavy atom. The van der Waals surface area contributed by atoms with Gasteiger partial charge in [-0.1, -0.05) is 72.8 Å². The molecular weight excluding hydrogens is 246 g/mol. The molecule has 2 atom stereocenters. The maximum Gasteiger partial charge on any atom is 0.0988 e. The van der Waals surface area contributed by atoms with E-state index in [1.165, 1.54) is 0 Å². The highest BCUT2D eigenvalue weighted by Gasteiger charge is 2.20. The van der Waals surface area contributed by atoms with Crippen molar-refractivity contribution in [2.75, 3.05) is 0 Å². The summed E-state index contributed by atoms with van der Waals surface area (Å²) in [6.07, 6.45) is -0.719. The summed E-state index contributed by atoms with van der Waals surface area (Å²) in [5, 5.41) is 12.8. The van der Waals surface area contributed by atoms with Gasteiger partial charge in [0.25, 0.3) is 0 Å². The fourth-order valence-electron chi connectivity index (χ4n) is 2.56. The van der Waals surface area contributed by atoms with Crippen molar-refractivity contribution in [1.29, 1.82) is 0 Å². The van der Waals surface area contributed by atoms with Gasteiger partial charge in [-0.25, -0.2) is 0 Å². The lowest BCUT2D eigenvalue weighted by molar-refractivity contribution is 0.148. The Morgan fingerprint density at radius 1 is 0.750 bits per heavy atom. The van der Waals surface area contributed by atoms with Crippen LogP contribution in [0.3, 0.4) is 0 Å². The number of aliphatic hydroxyl groups excluding tert-OH is 1. The molecule has 0 aliphatic rings. The number of benzene rings is 3. The quantitative estimate of drug-likeness (QED) is 0.758. The highest BCUT2D eigenvalue weighted by Crippen LogP contribution is 2.31. The Morgan fingerprint density at radius 3 is 2.20 bits per heavy atom. The van der Waals surface area contributed by atoms with Crippen LogP contribution in [0.25, 0.3) is 10.8 Å². The molecule has 2 unspecified atom stereocenters. The molecule has 2 nitrogen and oxygen atoms in total. The average molecular weight is 263 g/mol. The summed E-state index contributed by atoms with van der Waals surface area (Å²) in [4.78, 5) is 0. The minimum Gasteiger partial charge on any atom is -0.386 e. The second-order valence-electron chi connectivity index (χ2n) is 4.95. The molecule has 2 heteroatoms. The Labute approximate surface area is 118 Å². The second-order valence-corrected chi connectivity index (χ2v) is 4.95. The van der Waals surface area contributed by atoms with E-state index in [-0.39, 0.29) is 0 Å². The summed E-state index contributed by atoms with van der Waals surface area (Å²) < 4.78 is 0. The zero-order valence-corrected chi connectivity index (χ0v) is 11.1. The molecule has 0 spiro atoms. The summed E-state index contributed by atoms with van der Waals surface area (Å²) >= 11 is 0. The smallest absolute Gasteiger partial charge is 0.0988 e. The molecule has 0 aliphatic heterocycles. The van der Waals surface area contributed by atoms with Gasteiger partial charge in [0, 0.05) is 0 Å². The lowest BCUT2D eigenvalue weighted by atomic mass is 9.93. The molecule has 0 fully saturated rings. The first kappa shape index (κ1) is 12.9. The highest BCUT2D eigenvalue weighted by atomic mass is 16.3. The first-order chi connectivity index (χ1) is 9.77. The standard InChI is InChI=1S/C18H17NO/c19-17(14-8-2-1-3-9-14)18(20)16-12-6-10-13-7-4-5-11-15(13)16/h1-12,17-18,20H,19H2. The molecule has 0 aromatic heterocycles. The van der Waals surface area contributed by atoms with Crippen molar-refractivity contribution in [3.63, 3.8) is 0 Å². The van der Waals surface area contributed by atoms with E-state index in [1.807, 2.05) is 72.8 Å². The molecule has 3 aromatic rings. The van der Waals surface area contributed by atoms with Crippen LogP contribution in [0.1, 0.15) is 23.3 Å². The van der Waals surface area contributed by atoms with Crippen LogP contribution in [0.15, 0.2) is 72.8 Å². The van der Waals surface area contributed by atoms with Crippen LogP contribution in [0.4, 0.5) is 0 Å². The van der Waals surface area contributed by atoms with Gasteiger partial charge in [-0.05, 0) is 21.9 Å². The van der Waals surface area contributed by atoms with Crippen molar-refractivity contribution in [2.45, 2.75) is 12.1 Å². The molecule has 3 aromatic carbocycles. The summed E-state index contributed by atoms with van der Waals surface area (Å²) in [6.45, 7) is 0. The Kier molecular flexibility index (Phi) is 3.50. The lowest BCUT2D eigenvalue weighted by Gasteiger charge is -2.21. The van der Waals surface area contributed by atoms with Crippen molar-refractivity contribution in [3.05, 3.63) is 83.9 Å². The van der Waals surface area contributed by atoms with Crippen LogP contribution in [0, 0.1) is 0 Å².